The van der Waals surface area contributed by atoms with Gasteiger partial charge in [-0.1, -0.05) is 11.7 Å². The molecule has 2 atom stereocenters. The van der Waals surface area contributed by atoms with Crippen LogP contribution in [0.3, 0.4) is 0 Å². The molecular weight excluding hydrogens is 595 g/mol. The van der Waals surface area contributed by atoms with Crippen molar-refractivity contribution in [3.05, 3.63) is 81.6 Å². The Morgan fingerprint density at radius 3 is 2.64 bits per heavy atom. The molecule has 5 aromatic heterocycles. The monoisotopic (exact) mass is 623 g/mol. The van der Waals surface area contributed by atoms with Crippen LogP contribution < -0.4 is 21.5 Å². The number of allylic oxidation sites excluding steroid dienone is 1. The topological polar surface area (TPSA) is 155 Å². The molecule has 0 aromatic carbocycles. The molecule has 14 nitrogen and oxygen atoms in total. The number of rotatable bonds is 8. The Morgan fingerprint density at radius 1 is 1.20 bits per heavy atom. The standard InChI is InChI=1S/C28H28F3N11O3/c1-15-10-19(38-45-15)13-41-25(43)22-24(39(4)27(41)44)35-14-42(22)17(3)16(2)36-21-7-8-32-23(37-21)18-11-33-26(34-12-18)40-9-5-6-20(40)28(29,30)31/h7-8,10-12,14,17,20H,2,5-6,9,13H2,1,3-4H3,(H,32,36,37)/t17-,20-/m0/s1. The average Bonchev–Trinajstić information content (AvgIpc) is 3.78. The summed E-state index contributed by atoms with van der Waals surface area (Å²) in [5, 5.41) is 7.01. The van der Waals surface area contributed by atoms with Crippen molar-refractivity contribution in [2.45, 2.75) is 51.5 Å². The number of halogens is 3. The lowest BCUT2D eigenvalue weighted by Crippen LogP contribution is -2.42. The van der Waals surface area contributed by atoms with E-state index in [1.807, 2.05) is 0 Å². The van der Waals surface area contributed by atoms with Gasteiger partial charge in [0.25, 0.3) is 5.56 Å². The van der Waals surface area contributed by atoms with Crippen LogP contribution in [0.2, 0.25) is 0 Å². The van der Waals surface area contributed by atoms with Crippen LogP contribution in [0.4, 0.5) is 24.9 Å². The van der Waals surface area contributed by atoms with Crippen LogP contribution in [-0.2, 0) is 13.6 Å². The Balaban J connectivity index is 1.23. The number of hydrogen-bond donors (Lipinski definition) is 1. The normalized spacial score (nSPS) is 16.0. The number of nitrogens with zero attached hydrogens (tertiary/aromatic N) is 10. The first-order chi connectivity index (χ1) is 21.4. The van der Waals surface area contributed by atoms with E-state index in [0.717, 1.165) is 9.47 Å². The van der Waals surface area contributed by atoms with Gasteiger partial charge in [0, 0.05) is 43.9 Å². The molecule has 6 heterocycles. The van der Waals surface area contributed by atoms with Crippen LogP contribution in [0.1, 0.15) is 37.3 Å². The first-order valence-electron chi connectivity index (χ1n) is 14.0. The number of fused-ring (bicyclic) bond motifs is 1. The number of imidazole rings is 1. The summed E-state index contributed by atoms with van der Waals surface area (Å²) in [6, 6.07) is 1.12. The van der Waals surface area contributed by atoms with Crippen molar-refractivity contribution < 1.29 is 17.7 Å². The molecule has 17 heteroatoms. The third kappa shape index (κ3) is 5.56. The first kappa shape index (κ1) is 29.7. The highest BCUT2D eigenvalue weighted by molar-refractivity contribution is 5.70. The second kappa shape index (κ2) is 11.3. The summed E-state index contributed by atoms with van der Waals surface area (Å²) in [4.78, 5) is 49.1. The van der Waals surface area contributed by atoms with Crippen molar-refractivity contribution in [2.75, 3.05) is 16.8 Å². The van der Waals surface area contributed by atoms with Crippen LogP contribution in [0, 0.1) is 6.92 Å². The Kier molecular flexibility index (Phi) is 7.46. The molecule has 1 aliphatic heterocycles. The molecule has 0 amide bonds. The van der Waals surface area contributed by atoms with E-state index in [2.05, 4.69) is 42.0 Å². The van der Waals surface area contributed by atoms with E-state index in [-0.39, 0.29) is 42.4 Å². The van der Waals surface area contributed by atoms with Crippen molar-refractivity contribution in [3.63, 3.8) is 0 Å². The van der Waals surface area contributed by atoms with Crippen LogP contribution >= 0.6 is 0 Å². The Bertz CT molecular complexity index is 2010. The predicted octanol–water partition coefficient (Wildman–Crippen LogP) is 3.21. The molecule has 1 N–H and O–H groups in total. The Hall–Kier alpha value is -5.35. The third-order valence-electron chi connectivity index (χ3n) is 7.70. The van der Waals surface area contributed by atoms with E-state index in [1.165, 1.54) is 36.5 Å². The van der Waals surface area contributed by atoms with Crippen LogP contribution in [0.25, 0.3) is 22.6 Å². The molecule has 1 aliphatic rings. The SMILES string of the molecule is C=C(Nc1ccnc(-c2cnc(N3CCC[C@H]3C(F)(F)F)nc2)n1)[C@H](C)n1cnc2c1c(=O)n(Cc1cc(C)on1)c(=O)n2C. The number of nitrogens with one attached hydrogen (secondary N) is 1. The second-order valence-corrected chi connectivity index (χ2v) is 10.7. The highest BCUT2D eigenvalue weighted by Crippen LogP contribution is 2.34. The summed E-state index contributed by atoms with van der Waals surface area (Å²) in [5.41, 5.74) is 0.596. The van der Waals surface area contributed by atoms with Gasteiger partial charge in [-0.05, 0) is 32.8 Å². The zero-order valence-electron chi connectivity index (χ0n) is 24.5. The van der Waals surface area contributed by atoms with Gasteiger partial charge < -0.3 is 19.3 Å². The van der Waals surface area contributed by atoms with E-state index in [9.17, 15) is 22.8 Å². The fourth-order valence-corrected chi connectivity index (χ4v) is 5.31. The molecule has 6 rings (SSSR count). The highest BCUT2D eigenvalue weighted by Gasteiger charge is 2.46. The maximum absolute atomic E-state index is 13.5. The molecule has 5 aromatic rings. The van der Waals surface area contributed by atoms with E-state index in [1.54, 1.807) is 30.5 Å². The van der Waals surface area contributed by atoms with Gasteiger partial charge in [-0.15, -0.1) is 0 Å². The molecule has 0 bridgehead atoms. The summed E-state index contributed by atoms with van der Waals surface area (Å²) in [6.45, 7) is 7.77. The van der Waals surface area contributed by atoms with Crippen LogP contribution in [0.15, 0.2) is 63.4 Å². The summed E-state index contributed by atoms with van der Waals surface area (Å²) >= 11 is 0. The Labute approximate surface area is 252 Å². The minimum Gasteiger partial charge on any atom is -0.361 e. The van der Waals surface area contributed by atoms with Crippen molar-refractivity contribution in [1.29, 1.82) is 0 Å². The fraction of sp³-hybridized carbons (Fsp3) is 0.357. The van der Waals surface area contributed by atoms with E-state index >= 15 is 0 Å². The van der Waals surface area contributed by atoms with Gasteiger partial charge in [-0.25, -0.2) is 29.7 Å². The van der Waals surface area contributed by atoms with Gasteiger partial charge in [-0.3, -0.25) is 13.9 Å². The lowest BCUT2D eigenvalue weighted by Gasteiger charge is -2.26. The van der Waals surface area contributed by atoms with E-state index in [0.29, 0.717) is 35.0 Å². The third-order valence-corrected chi connectivity index (χ3v) is 7.70. The summed E-state index contributed by atoms with van der Waals surface area (Å²) < 4.78 is 49.2. The maximum Gasteiger partial charge on any atom is 0.408 e. The summed E-state index contributed by atoms with van der Waals surface area (Å²) in [5.74, 6) is 1.16. The molecule has 234 valence electrons. The molecule has 0 radical (unpaired) electrons. The van der Waals surface area contributed by atoms with Gasteiger partial charge in [0.15, 0.2) is 17.0 Å². The average molecular weight is 624 g/mol. The molecule has 0 aliphatic carbocycles. The highest BCUT2D eigenvalue weighted by atomic mass is 19.4. The smallest absolute Gasteiger partial charge is 0.361 e. The fourth-order valence-electron chi connectivity index (χ4n) is 5.31. The molecule has 0 unspecified atom stereocenters. The minimum atomic E-state index is -4.37. The number of hydrogen-bond acceptors (Lipinski definition) is 11. The van der Waals surface area contributed by atoms with Gasteiger partial charge in [0.05, 0.1) is 24.5 Å². The maximum atomic E-state index is 13.5. The summed E-state index contributed by atoms with van der Waals surface area (Å²) in [6.07, 6.45) is 1.77. The van der Waals surface area contributed by atoms with Gasteiger partial charge >= 0.3 is 11.9 Å². The largest absolute Gasteiger partial charge is 0.408 e. The zero-order chi connectivity index (χ0) is 32.0. The number of aromatic nitrogens is 9. The van der Waals surface area contributed by atoms with E-state index in [4.69, 9.17) is 4.52 Å². The van der Waals surface area contributed by atoms with Crippen LogP contribution in [0.5, 0.6) is 0 Å². The van der Waals surface area contributed by atoms with Crippen molar-refractivity contribution in [3.8, 4) is 11.4 Å². The van der Waals surface area contributed by atoms with Crippen molar-refractivity contribution >= 4 is 22.9 Å². The zero-order valence-corrected chi connectivity index (χ0v) is 24.5. The Morgan fingerprint density at radius 2 is 1.96 bits per heavy atom. The number of anilines is 2. The molecule has 45 heavy (non-hydrogen) atoms. The summed E-state index contributed by atoms with van der Waals surface area (Å²) in [7, 11) is 1.53. The van der Waals surface area contributed by atoms with Crippen molar-refractivity contribution in [2.24, 2.45) is 7.05 Å². The number of alkyl halides is 3. The van der Waals surface area contributed by atoms with Crippen molar-refractivity contribution in [1.82, 2.24) is 43.8 Å². The lowest BCUT2D eigenvalue weighted by atomic mass is 10.2. The molecule has 0 spiro atoms. The van der Waals surface area contributed by atoms with Gasteiger partial charge in [0.1, 0.15) is 23.3 Å². The molecule has 1 fully saturated rings. The second-order valence-electron chi connectivity index (χ2n) is 10.7. The minimum absolute atomic E-state index is 0.000627. The number of aryl methyl sites for hydroxylation is 2. The molecule has 0 saturated carbocycles. The van der Waals surface area contributed by atoms with Crippen LogP contribution in [-0.4, -0.2) is 62.5 Å². The van der Waals surface area contributed by atoms with Gasteiger partial charge in [0.2, 0.25) is 5.95 Å². The lowest BCUT2D eigenvalue weighted by molar-refractivity contribution is -0.146. The molecular formula is C28H28F3N11O3. The van der Waals surface area contributed by atoms with Gasteiger partial charge in [-0.2, -0.15) is 13.2 Å². The predicted molar refractivity (Wildman–Crippen MR) is 157 cm³/mol. The van der Waals surface area contributed by atoms with E-state index < -0.39 is 29.5 Å². The first-order valence-corrected chi connectivity index (χ1v) is 14.0. The quantitative estimate of drug-likeness (QED) is 0.271. The molecule has 1 saturated heterocycles.